The van der Waals surface area contributed by atoms with E-state index in [0.29, 0.717) is 11.4 Å². The fourth-order valence-corrected chi connectivity index (χ4v) is 3.31. The van der Waals surface area contributed by atoms with Crippen LogP contribution < -0.4 is 10.8 Å². The van der Waals surface area contributed by atoms with Gasteiger partial charge in [0.05, 0.1) is 17.8 Å². The number of halogens is 1. The molecule has 1 unspecified atom stereocenters. The number of alkyl halides is 1. The first-order valence-electron chi connectivity index (χ1n) is 9.41. The molecule has 3 rings (SSSR count). The average Bonchev–Trinajstić information content (AvgIpc) is 3.18. The van der Waals surface area contributed by atoms with E-state index in [0.717, 1.165) is 10.8 Å². The summed E-state index contributed by atoms with van der Waals surface area (Å²) in [6.07, 6.45) is 2.47. The van der Waals surface area contributed by atoms with Crippen molar-refractivity contribution in [3.63, 3.8) is 0 Å². The fourth-order valence-electron chi connectivity index (χ4n) is 3.31. The van der Waals surface area contributed by atoms with Crippen LogP contribution in [0.4, 0.5) is 4.39 Å². The van der Waals surface area contributed by atoms with Crippen LogP contribution in [0.3, 0.4) is 0 Å². The number of aliphatic carboxylic acids is 1. The van der Waals surface area contributed by atoms with Crippen LogP contribution in [0.15, 0.2) is 42.6 Å². The number of carbonyl (C=O) groups is 3. The van der Waals surface area contributed by atoms with Gasteiger partial charge in [-0.1, -0.05) is 38.1 Å². The van der Waals surface area contributed by atoms with Gasteiger partial charge in [0.1, 0.15) is 12.7 Å². The van der Waals surface area contributed by atoms with Gasteiger partial charge in [-0.2, -0.15) is 0 Å². The molecule has 0 radical (unpaired) electrons. The fraction of sp³-hybridized carbons (Fsp3) is 0.333. The van der Waals surface area contributed by atoms with Gasteiger partial charge in [-0.15, -0.1) is 0 Å². The zero-order valence-electron chi connectivity index (χ0n) is 16.5. The lowest BCUT2D eigenvalue weighted by Crippen LogP contribution is -2.55. The number of pyridine rings is 1. The minimum absolute atomic E-state index is 0.400. The Kier molecular flexibility index (Phi) is 6.12. The number of carbonyl (C=O) groups excluding carboxylic acids is 2. The third-order valence-electron chi connectivity index (χ3n) is 5.03. The number of Topliss-reactive ketones (excluding diaryl/α,β-unsaturated/α-hetero) is 1. The largest absolute Gasteiger partial charge is 0.481 e. The summed E-state index contributed by atoms with van der Waals surface area (Å²) in [5.41, 5.74) is 2.23. The molecule has 9 heteroatoms. The molecule has 30 heavy (non-hydrogen) atoms. The van der Waals surface area contributed by atoms with Gasteiger partial charge in [0.2, 0.25) is 0 Å². The Morgan fingerprint density at radius 3 is 2.67 bits per heavy atom. The first kappa shape index (κ1) is 21.4. The minimum atomic E-state index is -1.54. The number of carboxylic acids is 1. The number of amides is 1. The number of hydrogen-bond donors (Lipinski definition) is 3. The summed E-state index contributed by atoms with van der Waals surface area (Å²) in [6.45, 7) is 2.09. The molecule has 0 aliphatic carbocycles. The Labute approximate surface area is 172 Å². The van der Waals surface area contributed by atoms with Crippen molar-refractivity contribution < 1.29 is 28.7 Å². The predicted octanol–water partition coefficient (Wildman–Crippen LogP) is 2.00. The monoisotopic (exact) mass is 415 g/mol. The van der Waals surface area contributed by atoms with Gasteiger partial charge in [-0.25, -0.2) is 4.39 Å². The second kappa shape index (κ2) is 8.58. The Morgan fingerprint density at radius 1 is 1.27 bits per heavy atom. The molecule has 0 saturated heterocycles. The minimum Gasteiger partial charge on any atom is -0.481 e. The lowest BCUT2D eigenvalue weighted by molar-refractivity contribution is -0.152. The number of ketones is 1. The Morgan fingerprint density at radius 2 is 2.00 bits per heavy atom. The summed E-state index contributed by atoms with van der Waals surface area (Å²) in [5.74, 6) is -3.49. The topological polar surface area (TPSA) is 118 Å². The van der Waals surface area contributed by atoms with Gasteiger partial charge in [0.25, 0.3) is 5.91 Å². The maximum Gasteiger partial charge on any atom is 0.305 e. The Bertz CT molecular complexity index is 1020. The molecule has 1 amide bonds. The number of hydroxylamine groups is 1. The number of benzene rings is 1. The molecule has 1 aliphatic heterocycles. The highest BCUT2D eigenvalue weighted by molar-refractivity contribution is 5.98. The third kappa shape index (κ3) is 4.02. The third-order valence-corrected chi connectivity index (χ3v) is 5.03. The van der Waals surface area contributed by atoms with E-state index in [1.807, 2.05) is 30.3 Å². The first-order valence-corrected chi connectivity index (χ1v) is 9.41. The Balaban J connectivity index is 1.96. The highest BCUT2D eigenvalue weighted by Gasteiger charge is 2.47. The SMILES string of the molecule is CC(C)[C@@]1(C(=O)NC(CC(=O)O)C(=O)CF)C=C(c2nccc3ccccc23)NO1. The standard InChI is InChI=1S/C21H22FN3O5/c1-12(2)21(20(29)24-15(9-18(27)28)17(26)11-22)10-16(25-30-21)19-14-6-4-3-5-13(14)7-8-23-19/h3-8,10,12,15,25H,9,11H2,1-2H3,(H,24,29)(H,27,28)/t15?,21-/m1/s1. The number of carboxylic acid groups (broad SMARTS) is 1. The van der Waals surface area contributed by atoms with Crippen LogP contribution in [0.25, 0.3) is 16.5 Å². The molecular weight excluding hydrogens is 393 g/mol. The molecule has 1 aliphatic rings. The first-order chi connectivity index (χ1) is 14.3. The molecular formula is C21H22FN3O5. The molecule has 2 atom stereocenters. The second-order valence-electron chi connectivity index (χ2n) is 7.31. The maximum absolute atomic E-state index is 13.1. The molecule has 3 N–H and O–H groups in total. The van der Waals surface area contributed by atoms with Crippen LogP contribution in [0.1, 0.15) is 26.0 Å². The van der Waals surface area contributed by atoms with E-state index in [-0.39, 0.29) is 0 Å². The van der Waals surface area contributed by atoms with Gasteiger partial charge in [0.15, 0.2) is 11.4 Å². The van der Waals surface area contributed by atoms with E-state index in [1.165, 1.54) is 0 Å². The van der Waals surface area contributed by atoms with Crippen molar-refractivity contribution in [2.45, 2.75) is 31.9 Å². The second-order valence-corrected chi connectivity index (χ2v) is 7.31. The van der Waals surface area contributed by atoms with E-state index in [2.05, 4.69) is 15.8 Å². The number of fused-ring (bicyclic) bond motifs is 1. The highest BCUT2D eigenvalue weighted by Crippen LogP contribution is 2.34. The summed E-state index contributed by atoms with van der Waals surface area (Å²) >= 11 is 0. The molecule has 0 spiro atoms. The number of nitrogens with one attached hydrogen (secondary N) is 2. The van der Waals surface area contributed by atoms with Gasteiger partial charge in [0, 0.05) is 11.6 Å². The van der Waals surface area contributed by atoms with Crippen molar-refractivity contribution in [3.8, 4) is 0 Å². The quantitative estimate of drug-likeness (QED) is 0.604. The Hall–Kier alpha value is -3.33. The van der Waals surface area contributed by atoms with Crippen LogP contribution in [-0.2, 0) is 19.2 Å². The number of aromatic nitrogens is 1. The van der Waals surface area contributed by atoms with Crippen molar-refractivity contribution in [3.05, 3.63) is 48.3 Å². The van der Waals surface area contributed by atoms with Crippen molar-refractivity contribution in [1.29, 1.82) is 0 Å². The maximum atomic E-state index is 13.1. The van der Waals surface area contributed by atoms with Gasteiger partial charge >= 0.3 is 5.97 Å². The summed E-state index contributed by atoms with van der Waals surface area (Å²) in [7, 11) is 0. The van der Waals surface area contributed by atoms with Crippen molar-refractivity contribution in [1.82, 2.24) is 15.8 Å². The van der Waals surface area contributed by atoms with Crippen LogP contribution >= 0.6 is 0 Å². The van der Waals surface area contributed by atoms with E-state index in [4.69, 9.17) is 9.94 Å². The number of nitrogens with zero attached hydrogens (tertiary/aromatic N) is 1. The molecule has 0 fully saturated rings. The molecule has 1 aromatic heterocycles. The summed E-state index contributed by atoms with van der Waals surface area (Å²) < 4.78 is 12.8. The molecule has 1 aromatic carbocycles. The van der Waals surface area contributed by atoms with Gasteiger partial charge in [-0.05, 0) is 23.4 Å². The molecule has 2 aromatic rings. The van der Waals surface area contributed by atoms with E-state index < -0.39 is 48.3 Å². The zero-order chi connectivity index (χ0) is 21.9. The summed E-state index contributed by atoms with van der Waals surface area (Å²) in [5, 5.41) is 13.1. The summed E-state index contributed by atoms with van der Waals surface area (Å²) in [4.78, 5) is 45.9. The lowest BCUT2D eigenvalue weighted by Gasteiger charge is -2.29. The van der Waals surface area contributed by atoms with Gasteiger partial charge in [-0.3, -0.25) is 29.7 Å². The molecule has 8 nitrogen and oxygen atoms in total. The normalized spacial score (nSPS) is 19.3. The van der Waals surface area contributed by atoms with Crippen LogP contribution in [0, 0.1) is 5.92 Å². The predicted molar refractivity (Wildman–Crippen MR) is 107 cm³/mol. The average molecular weight is 415 g/mol. The molecule has 2 heterocycles. The highest BCUT2D eigenvalue weighted by atomic mass is 19.1. The van der Waals surface area contributed by atoms with Crippen LogP contribution in [0.5, 0.6) is 0 Å². The van der Waals surface area contributed by atoms with Gasteiger partial charge < -0.3 is 10.4 Å². The molecule has 158 valence electrons. The van der Waals surface area contributed by atoms with Crippen molar-refractivity contribution >= 4 is 34.1 Å². The van der Waals surface area contributed by atoms with E-state index in [9.17, 15) is 18.8 Å². The lowest BCUT2D eigenvalue weighted by atomic mass is 9.87. The van der Waals surface area contributed by atoms with Crippen molar-refractivity contribution in [2.24, 2.45) is 5.92 Å². The van der Waals surface area contributed by atoms with Crippen molar-refractivity contribution in [2.75, 3.05) is 6.67 Å². The number of hydrogen-bond acceptors (Lipinski definition) is 6. The molecule has 0 bridgehead atoms. The van der Waals surface area contributed by atoms with Crippen LogP contribution in [0.2, 0.25) is 0 Å². The number of rotatable bonds is 8. The summed E-state index contributed by atoms with van der Waals surface area (Å²) in [6, 6.07) is 7.95. The molecule has 0 saturated carbocycles. The zero-order valence-corrected chi connectivity index (χ0v) is 16.5. The van der Waals surface area contributed by atoms with Crippen LogP contribution in [-0.4, -0.2) is 46.1 Å². The van der Waals surface area contributed by atoms with E-state index in [1.54, 1.807) is 26.1 Å². The van der Waals surface area contributed by atoms with E-state index >= 15 is 0 Å². The smallest absolute Gasteiger partial charge is 0.305 e.